The first kappa shape index (κ1) is 12.1. The SMILES string of the molecule is O=C1Nc2ccccc2CCC1NCCCO. The lowest BCUT2D eigenvalue weighted by Gasteiger charge is -2.14. The van der Waals surface area contributed by atoms with E-state index in [4.69, 9.17) is 5.11 Å². The number of fused-ring (bicyclic) bond motifs is 1. The number of aryl methyl sites for hydroxylation is 1. The number of anilines is 1. The second kappa shape index (κ2) is 5.80. The van der Waals surface area contributed by atoms with E-state index in [9.17, 15) is 4.79 Å². The number of carbonyl (C=O) groups is 1. The molecule has 0 aliphatic carbocycles. The summed E-state index contributed by atoms with van der Waals surface area (Å²) < 4.78 is 0. The first-order valence-electron chi connectivity index (χ1n) is 6.04. The largest absolute Gasteiger partial charge is 0.396 e. The molecule has 1 atom stereocenters. The molecule has 1 amide bonds. The Morgan fingerprint density at radius 1 is 1.41 bits per heavy atom. The van der Waals surface area contributed by atoms with Crippen LogP contribution in [-0.2, 0) is 11.2 Å². The van der Waals surface area contributed by atoms with Gasteiger partial charge >= 0.3 is 0 Å². The Balaban J connectivity index is 2.00. The number of carbonyl (C=O) groups excluding carboxylic acids is 1. The van der Waals surface area contributed by atoms with Gasteiger partial charge in [0.25, 0.3) is 0 Å². The van der Waals surface area contributed by atoms with E-state index in [1.54, 1.807) is 0 Å². The van der Waals surface area contributed by atoms with Crippen LogP contribution >= 0.6 is 0 Å². The Bertz CT molecular complexity index is 393. The van der Waals surface area contributed by atoms with E-state index in [-0.39, 0.29) is 18.6 Å². The van der Waals surface area contributed by atoms with Crippen LogP contribution in [0.5, 0.6) is 0 Å². The smallest absolute Gasteiger partial charge is 0.241 e. The first-order chi connectivity index (χ1) is 8.31. The fourth-order valence-corrected chi connectivity index (χ4v) is 2.06. The van der Waals surface area contributed by atoms with Gasteiger partial charge in [0.2, 0.25) is 5.91 Å². The van der Waals surface area contributed by atoms with Gasteiger partial charge in [-0.05, 0) is 37.4 Å². The predicted octanol–water partition coefficient (Wildman–Crippen LogP) is 0.912. The maximum atomic E-state index is 11.9. The molecule has 0 fully saturated rings. The lowest BCUT2D eigenvalue weighted by molar-refractivity contribution is -0.118. The van der Waals surface area contributed by atoms with E-state index >= 15 is 0 Å². The van der Waals surface area contributed by atoms with Gasteiger partial charge in [-0.3, -0.25) is 4.79 Å². The maximum Gasteiger partial charge on any atom is 0.241 e. The predicted molar refractivity (Wildman–Crippen MR) is 66.9 cm³/mol. The van der Waals surface area contributed by atoms with Gasteiger partial charge in [-0.15, -0.1) is 0 Å². The molecule has 3 N–H and O–H groups in total. The van der Waals surface area contributed by atoms with Crippen LogP contribution in [-0.4, -0.2) is 30.2 Å². The topological polar surface area (TPSA) is 61.4 Å². The molecule has 4 nitrogen and oxygen atoms in total. The number of rotatable bonds is 4. The van der Waals surface area contributed by atoms with E-state index < -0.39 is 0 Å². The summed E-state index contributed by atoms with van der Waals surface area (Å²) in [6, 6.07) is 7.74. The molecule has 0 aromatic heterocycles. The molecule has 17 heavy (non-hydrogen) atoms. The number of amides is 1. The molecule has 1 aromatic carbocycles. The summed E-state index contributed by atoms with van der Waals surface area (Å²) in [4.78, 5) is 11.9. The van der Waals surface area contributed by atoms with E-state index in [0.29, 0.717) is 13.0 Å². The van der Waals surface area contributed by atoms with Crippen LogP contribution in [0.4, 0.5) is 5.69 Å². The highest BCUT2D eigenvalue weighted by Crippen LogP contribution is 2.21. The van der Waals surface area contributed by atoms with Gasteiger partial charge < -0.3 is 15.7 Å². The van der Waals surface area contributed by atoms with E-state index in [0.717, 1.165) is 18.5 Å². The highest BCUT2D eigenvalue weighted by molar-refractivity contribution is 5.96. The van der Waals surface area contributed by atoms with Gasteiger partial charge in [-0.25, -0.2) is 0 Å². The summed E-state index contributed by atoms with van der Waals surface area (Å²) in [5.41, 5.74) is 2.11. The van der Waals surface area contributed by atoms with Crippen molar-refractivity contribution in [3.63, 3.8) is 0 Å². The second-order valence-corrected chi connectivity index (χ2v) is 4.27. The van der Waals surface area contributed by atoms with Gasteiger partial charge in [0.15, 0.2) is 0 Å². The number of hydrogen-bond donors (Lipinski definition) is 3. The Hall–Kier alpha value is -1.39. The standard InChI is InChI=1S/C13H18N2O2/c16-9-3-8-14-12-7-6-10-4-1-2-5-11(10)15-13(12)17/h1-2,4-5,12,14,16H,3,6-9H2,(H,15,17). The van der Waals surface area contributed by atoms with Gasteiger partial charge in [0, 0.05) is 12.3 Å². The summed E-state index contributed by atoms with van der Waals surface area (Å²) in [5.74, 6) is 0.0212. The summed E-state index contributed by atoms with van der Waals surface area (Å²) in [6.45, 7) is 0.826. The van der Waals surface area contributed by atoms with Gasteiger partial charge in [0.1, 0.15) is 0 Å². The average Bonchev–Trinajstić information content (AvgIpc) is 2.49. The number of benzene rings is 1. The van der Waals surface area contributed by atoms with E-state index in [1.165, 1.54) is 5.56 Å². The molecule has 4 heteroatoms. The minimum absolute atomic E-state index is 0.0212. The molecular formula is C13H18N2O2. The van der Waals surface area contributed by atoms with Crippen molar-refractivity contribution in [2.75, 3.05) is 18.5 Å². The third kappa shape index (κ3) is 3.05. The molecule has 0 radical (unpaired) electrons. The quantitative estimate of drug-likeness (QED) is 0.679. The third-order valence-electron chi connectivity index (χ3n) is 3.02. The second-order valence-electron chi connectivity index (χ2n) is 4.27. The molecule has 0 bridgehead atoms. The summed E-state index contributed by atoms with van der Waals surface area (Å²) >= 11 is 0. The molecule has 0 saturated heterocycles. The molecule has 0 saturated carbocycles. The van der Waals surface area contributed by atoms with Crippen LogP contribution in [0.25, 0.3) is 0 Å². The minimum atomic E-state index is -0.158. The van der Waals surface area contributed by atoms with Crippen molar-refractivity contribution in [3.8, 4) is 0 Å². The van der Waals surface area contributed by atoms with Gasteiger partial charge in [0.05, 0.1) is 6.04 Å². The van der Waals surface area contributed by atoms with Crippen molar-refractivity contribution in [2.24, 2.45) is 0 Å². The van der Waals surface area contributed by atoms with Crippen LogP contribution in [0.2, 0.25) is 0 Å². The molecule has 1 heterocycles. The van der Waals surface area contributed by atoms with Crippen LogP contribution in [0.1, 0.15) is 18.4 Å². The van der Waals surface area contributed by atoms with E-state index in [2.05, 4.69) is 10.6 Å². The Morgan fingerprint density at radius 3 is 3.06 bits per heavy atom. The number of aliphatic hydroxyl groups excluding tert-OH is 1. The lowest BCUT2D eigenvalue weighted by Crippen LogP contribution is -2.40. The molecule has 1 aromatic rings. The summed E-state index contributed by atoms with van der Waals surface area (Å²) in [7, 11) is 0. The van der Waals surface area contributed by atoms with Crippen LogP contribution in [0.15, 0.2) is 24.3 Å². The van der Waals surface area contributed by atoms with E-state index in [1.807, 2.05) is 24.3 Å². The van der Waals surface area contributed by atoms with Crippen LogP contribution in [0, 0.1) is 0 Å². The van der Waals surface area contributed by atoms with Gasteiger partial charge in [-0.2, -0.15) is 0 Å². The Kier molecular flexibility index (Phi) is 4.12. The molecule has 2 rings (SSSR count). The fraction of sp³-hybridized carbons (Fsp3) is 0.462. The number of aliphatic hydroxyl groups is 1. The summed E-state index contributed by atoms with van der Waals surface area (Å²) in [5, 5.41) is 14.8. The van der Waals surface area contributed by atoms with Gasteiger partial charge in [-0.1, -0.05) is 18.2 Å². The lowest BCUT2D eigenvalue weighted by atomic mass is 10.1. The molecule has 0 spiro atoms. The Morgan fingerprint density at radius 2 is 2.24 bits per heavy atom. The zero-order valence-corrected chi connectivity index (χ0v) is 9.78. The van der Waals surface area contributed by atoms with Crippen LogP contribution in [0.3, 0.4) is 0 Å². The number of para-hydroxylation sites is 1. The normalized spacial score (nSPS) is 19.4. The van der Waals surface area contributed by atoms with Crippen molar-refractivity contribution in [1.29, 1.82) is 0 Å². The molecule has 1 aliphatic heterocycles. The van der Waals surface area contributed by atoms with Crippen molar-refractivity contribution >= 4 is 11.6 Å². The molecule has 1 aliphatic rings. The monoisotopic (exact) mass is 234 g/mol. The highest BCUT2D eigenvalue weighted by Gasteiger charge is 2.22. The van der Waals surface area contributed by atoms with Crippen molar-refractivity contribution in [2.45, 2.75) is 25.3 Å². The fourth-order valence-electron chi connectivity index (χ4n) is 2.06. The highest BCUT2D eigenvalue weighted by atomic mass is 16.3. The maximum absolute atomic E-state index is 11.9. The molecule has 92 valence electrons. The zero-order chi connectivity index (χ0) is 12.1. The van der Waals surface area contributed by atoms with Crippen molar-refractivity contribution in [1.82, 2.24) is 5.32 Å². The minimum Gasteiger partial charge on any atom is -0.396 e. The molecular weight excluding hydrogens is 216 g/mol. The summed E-state index contributed by atoms with van der Waals surface area (Å²) in [6.07, 6.45) is 2.37. The number of hydrogen-bond acceptors (Lipinski definition) is 3. The first-order valence-corrected chi connectivity index (χ1v) is 6.04. The third-order valence-corrected chi connectivity index (χ3v) is 3.02. The average molecular weight is 234 g/mol. The van der Waals surface area contributed by atoms with Crippen molar-refractivity contribution in [3.05, 3.63) is 29.8 Å². The zero-order valence-electron chi connectivity index (χ0n) is 9.78. The molecule has 1 unspecified atom stereocenters. The van der Waals surface area contributed by atoms with Crippen LogP contribution < -0.4 is 10.6 Å². The number of nitrogens with one attached hydrogen (secondary N) is 2. The Labute approximate surface area is 101 Å². The van der Waals surface area contributed by atoms with Crippen molar-refractivity contribution < 1.29 is 9.90 Å².